The van der Waals surface area contributed by atoms with Crippen molar-refractivity contribution >= 4 is 12.0 Å². The standard InChI is InChI=1S/C14H17F3N2O4/c1-8-11(10(4-5-18-8)14(15,16)17)12(20)19-13(21)23-7-9-3-2-6-22-9/h4-5,8-9,18H,2-3,6-7H2,1H3,(H,19,20,21). The van der Waals surface area contributed by atoms with Crippen LogP contribution in [0.4, 0.5) is 18.0 Å². The fourth-order valence-electron chi connectivity index (χ4n) is 2.39. The van der Waals surface area contributed by atoms with Crippen LogP contribution in [-0.4, -0.2) is 43.5 Å². The highest BCUT2D eigenvalue weighted by atomic mass is 19.4. The summed E-state index contributed by atoms with van der Waals surface area (Å²) >= 11 is 0. The molecule has 2 rings (SSSR count). The highest BCUT2D eigenvalue weighted by molar-refractivity contribution is 6.04. The van der Waals surface area contributed by atoms with Crippen LogP contribution in [0.1, 0.15) is 19.8 Å². The van der Waals surface area contributed by atoms with Gasteiger partial charge in [-0.1, -0.05) is 0 Å². The molecule has 2 amide bonds. The number of ether oxygens (including phenoxy) is 2. The van der Waals surface area contributed by atoms with Crippen LogP contribution in [0.25, 0.3) is 0 Å². The Bertz CT molecular complexity index is 537. The first-order valence-electron chi connectivity index (χ1n) is 7.12. The summed E-state index contributed by atoms with van der Waals surface area (Å²) in [6.45, 7) is 1.92. The Balaban J connectivity index is 2.00. The summed E-state index contributed by atoms with van der Waals surface area (Å²) in [5, 5.41) is 4.41. The van der Waals surface area contributed by atoms with Crippen molar-refractivity contribution in [2.75, 3.05) is 13.2 Å². The van der Waals surface area contributed by atoms with E-state index in [9.17, 15) is 22.8 Å². The Hall–Kier alpha value is -2.03. The molecule has 2 heterocycles. The monoisotopic (exact) mass is 334 g/mol. The van der Waals surface area contributed by atoms with Crippen molar-refractivity contribution in [1.82, 2.24) is 10.6 Å². The largest absolute Gasteiger partial charge is 0.446 e. The van der Waals surface area contributed by atoms with Gasteiger partial charge in [0.25, 0.3) is 5.91 Å². The lowest BCUT2D eigenvalue weighted by atomic mass is 9.98. The van der Waals surface area contributed by atoms with Crippen LogP contribution in [0.5, 0.6) is 0 Å². The molecular formula is C14H17F3N2O4. The molecule has 0 bridgehead atoms. The minimum absolute atomic E-state index is 0.0437. The predicted molar refractivity (Wildman–Crippen MR) is 73.3 cm³/mol. The van der Waals surface area contributed by atoms with Gasteiger partial charge in [-0.2, -0.15) is 13.2 Å². The number of hydrogen-bond donors (Lipinski definition) is 2. The number of rotatable bonds is 3. The van der Waals surface area contributed by atoms with Gasteiger partial charge in [0.1, 0.15) is 6.61 Å². The molecule has 0 aromatic rings. The fourth-order valence-corrected chi connectivity index (χ4v) is 2.39. The Morgan fingerprint density at radius 2 is 2.22 bits per heavy atom. The molecule has 2 N–H and O–H groups in total. The minimum atomic E-state index is -4.69. The van der Waals surface area contributed by atoms with Crippen LogP contribution in [-0.2, 0) is 14.3 Å². The summed E-state index contributed by atoms with van der Waals surface area (Å²) in [6.07, 6.45) is -2.57. The molecule has 2 atom stereocenters. The van der Waals surface area contributed by atoms with Crippen molar-refractivity contribution in [2.24, 2.45) is 0 Å². The molecule has 2 unspecified atom stereocenters. The second-order valence-corrected chi connectivity index (χ2v) is 5.23. The maximum Gasteiger partial charge on any atom is 0.417 e. The van der Waals surface area contributed by atoms with Crippen molar-refractivity contribution in [3.63, 3.8) is 0 Å². The van der Waals surface area contributed by atoms with Crippen molar-refractivity contribution < 1.29 is 32.2 Å². The zero-order chi connectivity index (χ0) is 17.0. The first-order valence-corrected chi connectivity index (χ1v) is 7.12. The summed E-state index contributed by atoms with van der Waals surface area (Å²) in [4.78, 5) is 23.6. The summed E-state index contributed by atoms with van der Waals surface area (Å²) < 4.78 is 48.9. The first kappa shape index (κ1) is 17.3. The fraction of sp³-hybridized carbons (Fsp3) is 0.571. The van der Waals surface area contributed by atoms with Gasteiger partial charge >= 0.3 is 12.3 Å². The quantitative estimate of drug-likeness (QED) is 0.823. The van der Waals surface area contributed by atoms with Crippen molar-refractivity contribution in [2.45, 2.75) is 38.1 Å². The number of nitrogens with one attached hydrogen (secondary N) is 2. The van der Waals surface area contributed by atoms with Crippen LogP contribution >= 0.6 is 0 Å². The number of alkyl carbamates (subject to hydrolysis) is 1. The van der Waals surface area contributed by atoms with Gasteiger partial charge in [0.2, 0.25) is 0 Å². The molecule has 23 heavy (non-hydrogen) atoms. The summed E-state index contributed by atoms with van der Waals surface area (Å²) in [7, 11) is 0. The summed E-state index contributed by atoms with van der Waals surface area (Å²) in [6, 6.07) is -0.886. The minimum Gasteiger partial charge on any atom is -0.446 e. The van der Waals surface area contributed by atoms with E-state index in [-0.39, 0.29) is 12.7 Å². The van der Waals surface area contributed by atoms with E-state index in [1.807, 2.05) is 5.32 Å². The lowest BCUT2D eigenvalue weighted by Crippen LogP contribution is -2.42. The van der Waals surface area contributed by atoms with Gasteiger partial charge in [-0.25, -0.2) is 4.79 Å². The van der Waals surface area contributed by atoms with E-state index in [4.69, 9.17) is 9.47 Å². The first-order chi connectivity index (χ1) is 10.8. The second kappa shape index (κ2) is 7.03. The van der Waals surface area contributed by atoms with Crippen LogP contribution in [0, 0.1) is 0 Å². The lowest BCUT2D eigenvalue weighted by Gasteiger charge is -2.24. The van der Waals surface area contributed by atoms with Crippen molar-refractivity contribution in [3.05, 3.63) is 23.4 Å². The molecule has 0 saturated carbocycles. The highest BCUT2D eigenvalue weighted by Gasteiger charge is 2.39. The molecule has 2 aliphatic heterocycles. The van der Waals surface area contributed by atoms with Crippen molar-refractivity contribution in [3.8, 4) is 0 Å². The molecule has 0 aromatic heterocycles. The number of hydrogen-bond acceptors (Lipinski definition) is 5. The number of alkyl halides is 3. The van der Waals surface area contributed by atoms with Crippen LogP contribution < -0.4 is 10.6 Å². The SMILES string of the molecule is CC1NC=CC(C(F)(F)F)=C1C(=O)NC(=O)OCC1CCCO1. The van der Waals surface area contributed by atoms with E-state index in [1.54, 1.807) is 0 Å². The number of imide groups is 1. The van der Waals surface area contributed by atoms with Gasteiger partial charge in [0, 0.05) is 6.61 Å². The van der Waals surface area contributed by atoms with E-state index < -0.39 is 35.4 Å². The van der Waals surface area contributed by atoms with Crippen LogP contribution in [0.3, 0.4) is 0 Å². The topological polar surface area (TPSA) is 76.7 Å². The van der Waals surface area contributed by atoms with Gasteiger partial charge in [-0.15, -0.1) is 0 Å². The van der Waals surface area contributed by atoms with Crippen LogP contribution in [0.15, 0.2) is 23.4 Å². The second-order valence-electron chi connectivity index (χ2n) is 5.23. The van der Waals surface area contributed by atoms with Gasteiger partial charge in [0.15, 0.2) is 0 Å². The maximum absolute atomic E-state index is 13.0. The lowest BCUT2D eigenvalue weighted by molar-refractivity contribution is -0.119. The molecule has 0 aromatic carbocycles. The Kier molecular flexibility index (Phi) is 5.30. The number of amides is 2. The molecule has 0 spiro atoms. The third kappa shape index (κ3) is 4.47. The van der Waals surface area contributed by atoms with Crippen LogP contribution in [0.2, 0.25) is 0 Å². The maximum atomic E-state index is 13.0. The third-order valence-corrected chi connectivity index (χ3v) is 3.51. The number of carbonyl (C=O) groups excluding carboxylic acids is 2. The molecule has 0 radical (unpaired) electrons. The zero-order valence-electron chi connectivity index (χ0n) is 12.4. The Labute approximate surface area is 130 Å². The Morgan fingerprint density at radius 1 is 1.48 bits per heavy atom. The van der Waals surface area contributed by atoms with E-state index in [1.165, 1.54) is 6.92 Å². The Morgan fingerprint density at radius 3 is 2.83 bits per heavy atom. The van der Waals surface area contributed by atoms with Crippen molar-refractivity contribution in [1.29, 1.82) is 0 Å². The molecule has 128 valence electrons. The van der Waals surface area contributed by atoms with Gasteiger partial charge in [-0.3, -0.25) is 10.1 Å². The van der Waals surface area contributed by atoms with E-state index in [0.29, 0.717) is 6.61 Å². The smallest absolute Gasteiger partial charge is 0.417 e. The van der Waals surface area contributed by atoms with Gasteiger partial charge in [-0.05, 0) is 32.0 Å². The molecule has 0 aliphatic carbocycles. The number of carbonyl (C=O) groups is 2. The van der Waals surface area contributed by atoms with E-state index >= 15 is 0 Å². The molecule has 9 heteroatoms. The predicted octanol–water partition coefficient (Wildman–Crippen LogP) is 1.78. The number of allylic oxidation sites excluding steroid dienone is 2. The molecule has 6 nitrogen and oxygen atoms in total. The molecule has 2 aliphatic rings. The van der Waals surface area contributed by atoms with E-state index in [0.717, 1.165) is 25.1 Å². The summed E-state index contributed by atoms with van der Waals surface area (Å²) in [5.41, 5.74) is -1.65. The zero-order valence-corrected chi connectivity index (χ0v) is 12.4. The molecular weight excluding hydrogens is 317 g/mol. The highest BCUT2D eigenvalue weighted by Crippen LogP contribution is 2.32. The normalized spacial score (nSPS) is 24.3. The van der Waals surface area contributed by atoms with E-state index in [2.05, 4.69) is 5.32 Å². The third-order valence-electron chi connectivity index (χ3n) is 3.51. The number of halogens is 3. The average Bonchev–Trinajstić information content (AvgIpc) is 2.97. The molecule has 1 saturated heterocycles. The van der Waals surface area contributed by atoms with Gasteiger partial charge < -0.3 is 14.8 Å². The average molecular weight is 334 g/mol. The summed E-state index contributed by atoms with van der Waals surface area (Å²) in [5.74, 6) is -1.14. The molecule has 1 fully saturated rings. The van der Waals surface area contributed by atoms with Gasteiger partial charge in [0.05, 0.1) is 23.3 Å². The number of dihydropyridines is 1.